The van der Waals surface area contributed by atoms with Gasteiger partial charge in [-0.05, 0) is 107 Å². The van der Waals surface area contributed by atoms with Crippen LogP contribution < -0.4 is 0 Å². The van der Waals surface area contributed by atoms with E-state index in [0.717, 1.165) is 136 Å². The molecule has 0 saturated carbocycles. The van der Waals surface area contributed by atoms with Gasteiger partial charge < -0.3 is 16.7 Å². The van der Waals surface area contributed by atoms with Crippen molar-refractivity contribution in [2.45, 2.75) is 59.8 Å². The quantitative estimate of drug-likeness (QED) is 0.159. The number of aromatic nitrogens is 8. The molecule has 4 aliphatic rings. The number of rotatable bonds is 4. The van der Waals surface area contributed by atoms with Crippen molar-refractivity contribution in [2.75, 3.05) is 0 Å². The molecule has 0 N–H and O–H groups in total. The summed E-state index contributed by atoms with van der Waals surface area (Å²) < 4.78 is 141. The monoisotopic (exact) mass is 1370 g/mol. The van der Waals surface area contributed by atoms with Crippen LogP contribution in [0.5, 0.6) is 0 Å². The van der Waals surface area contributed by atoms with Gasteiger partial charge in [-0.15, -0.1) is 3.63 Å². The zero-order chi connectivity index (χ0) is 57.7. The van der Waals surface area contributed by atoms with E-state index in [9.17, 15) is 52.8 Å². The fourth-order valence-corrected chi connectivity index (χ4v) is 23.3. The minimum absolute atomic E-state index is 0.00210. The van der Waals surface area contributed by atoms with Gasteiger partial charge in [-0.3, -0.25) is 0 Å². The van der Waals surface area contributed by atoms with Crippen LogP contribution in [0.1, 0.15) is 41.4 Å². The Morgan fingerprint density at radius 3 is 0.815 bits per heavy atom. The van der Waals surface area contributed by atoms with Crippen molar-refractivity contribution in [1.82, 2.24) is 35.8 Å². The van der Waals surface area contributed by atoms with Crippen molar-refractivity contribution in [3.05, 3.63) is 140 Å². The lowest BCUT2D eigenvalue weighted by Gasteiger charge is -2.29. The number of carbonyl (C=O) groups excluding carboxylic acids is 4. The largest absolute Gasteiger partial charge is 0.355 e. The number of hydrogen-bond acceptors (Lipinski definition) is 25. The van der Waals surface area contributed by atoms with Crippen LogP contribution in [0.3, 0.4) is 0 Å². The van der Waals surface area contributed by atoms with Gasteiger partial charge >= 0.3 is 23.9 Å². The lowest BCUT2D eigenvalue weighted by atomic mass is 10.2. The van der Waals surface area contributed by atoms with E-state index in [0.29, 0.717) is 0 Å². The van der Waals surface area contributed by atoms with Crippen LogP contribution in [0.15, 0.2) is 158 Å². The second-order valence-corrected chi connectivity index (χ2v) is 32.1. The molecule has 0 bridgehead atoms. The summed E-state index contributed by atoms with van der Waals surface area (Å²) in [7, 11) is -28.8. The summed E-state index contributed by atoms with van der Waals surface area (Å²) in [4.78, 5) is 71.9. The molecule has 0 atom stereocenters. The number of benzene rings is 4. The molecule has 0 spiro atoms. The van der Waals surface area contributed by atoms with Crippen LogP contribution in [-0.4, -0.2) is 93.4 Å². The topological polar surface area (TPSA) is 322 Å². The maximum absolute atomic E-state index is 14.5. The van der Waals surface area contributed by atoms with E-state index in [-0.39, 0.29) is 40.2 Å². The highest BCUT2D eigenvalue weighted by Gasteiger charge is 2.42. The van der Waals surface area contributed by atoms with Gasteiger partial charge in [0.1, 0.15) is 19.6 Å². The standard InChI is InChI=1S/C42H18Cl4N8O17S10/c1-76(67-35(55)19-11-31-27(15-23(19)43)72-39-47-3-7-51(39)78(31,59)60,68-36(56)20-12-32-28(16-24(20)44)73-40-48-4-8-52(40)79(32,61)62)71-77(2,69-37(57)21-13-33-29(17-25(21)45)74-41-49-5-9-53(41)80(33,63)64)70-38(58)22-14-34-30(18-26(22)46)75-42-50-6-10-54(42)81(34,65)66/h1-18H. The number of nitrogens with zero attached hydrogens (tertiary/aromatic N) is 8. The van der Waals surface area contributed by atoms with Crippen molar-refractivity contribution >= 4 is 178 Å². The summed E-state index contributed by atoms with van der Waals surface area (Å²) in [6.07, 6.45) is 9.20. The number of fused-ring (bicyclic) bond motifs is 8. The third kappa shape index (κ3) is 9.27. The Bertz CT molecular complexity index is 4400. The van der Waals surface area contributed by atoms with E-state index in [4.69, 9.17) is 78.1 Å². The summed E-state index contributed by atoms with van der Waals surface area (Å²) in [6, 6.07) is 7.14. The zero-order valence-corrected chi connectivity index (χ0v) is 49.7. The number of halogens is 4. The zero-order valence-electron chi connectivity index (χ0n) is 38.5. The first-order chi connectivity index (χ1) is 38.1. The third-order valence-electron chi connectivity index (χ3n) is 11.2. The van der Waals surface area contributed by atoms with E-state index >= 15 is 0 Å². The Morgan fingerprint density at radius 2 is 0.605 bits per heavy atom. The van der Waals surface area contributed by atoms with Crippen LogP contribution in [-0.2, 0) is 60.5 Å². The fraction of sp³-hybridized carbons (Fsp3) is 0. The molecule has 0 radical (unpaired) electrons. The van der Waals surface area contributed by atoms with Gasteiger partial charge in [0.15, 0.2) is 20.6 Å². The van der Waals surface area contributed by atoms with Gasteiger partial charge in [0, 0.05) is 69.2 Å². The van der Waals surface area contributed by atoms with Crippen molar-refractivity contribution < 1.29 is 73.2 Å². The highest BCUT2D eigenvalue weighted by Crippen LogP contribution is 2.55. The highest BCUT2D eigenvalue weighted by molar-refractivity contribution is 8.24. The number of imidazole rings is 4. The van der Waals surface area contributed by atoms with Crippen LogP contribution in [0.4, 0.5) is 0 Å². The lowest BCUT2D eigenvalue weighted by molar-refractivity contribution is 0.0644. The molecule has 0 unspecified atom stereocenters. The maximum atomic E-state index is 14.5. The average molecular weight is 1370 g/mol. The van der Waals surface area contributed by atoms with E-state index in [1.165, 1.54) is 24.8 Å². The summed E-state index contributed by atoms with van der Waals surface area (Å²) in [5.41, 5.74) is 9.88. The van der Waals surface area contributed by atoms with Crippen LogP contribution in [0.2, 0.25) is 20.1 Å². The number of hydrogen-bond donors (Lipinski definition) is 0. The Kier molecular flexibility index (Phi) is 13.3. The fourth-order valence-electron chi connectivity index (χ4n) is 7.66. The summed E-state index contributed by atoms with van der Waals surface area (Å²) in [6.45, 7) is 0. The van der Waals surface area contributed by atoms with E-state index in [1.807, 2.05) is 0 Å². The third-order valence-corrected chi connectivity index (χ3v) is 27.5. The van der Waals surface area contributed by atoms with Crippen molar-refractivity contribution in [2.24, 2.45) is 0 Å². The molecule has 0 aliphatic carbocycles. The Hall–Kier alpha value is -5.82. The predicted octanol–water partition coefficient (Wildman–Crippen LogP) is 8.91. The van der Waals surface area contributed by atoms with Crippen LogP contribution in [0.25, 0.3) is 0 Å². The molecule has 4 aromatic carbocycles. The van der Waals surface area contributed by atoms with Gasteiger partial charge in [0.05, 0.1) is 42.3 Å². The van der Waals surface area contributed by atoms with Crippen molar-refractivity contribution in [3.8, 4) is 11.4 Å². The summed E-state index contributed by atoms with van der Waals surface area (Å²) >= 11 is 29.6. The first kappa shape index (κ1) is 55.7. The molecular weight excluding hydrogens is 1350 g/mol. The first-order valence-corrected chi connectivity index (χ1v) is 34.7. The Morgan fingerprint density at radius 1 is 0.395 bits per heavy atom. The average Bonchev–Trinajstić information content (AvgIpc) is 4.39. The predicted molar refractivity (Wildman–Crippen MR) is 289 cm³/mol. The van der Waals surface area contributed by atoms with E-state index in [1.54, 1.807) is 0 Å². The second kappa shape index (κ2) is 19.4. The molecule has 81 heavy (non-hydrogen) atoms. The molecule has 4 aromatic heterocycles. The van der Waals surface area contributed by atoms with Gasteiger partial charge in [0.2, 0.25) is 0 Å². The molecule has 0 fully saturated rings. The van der Waals surface area contributed by atoms with Crippen molar-refractivity contribution in [3.63, 3.8) is 0 Å². The minimum atomic E-state index is -5.38. The normalized spacial score (nSPS) is 16.3. The molecule has 416 valence electrons. The minimum Gasteiger partial charge on any atom is -0.344 e. The lowest BCUT2D eigenvalue weighted by Crippen LogP contribution is -2.21. The summed E-state index contributed by atoms with van der Waals surface area (Å²) in [5.74, 6) is -7.14. The molecule has 12 rings (SSSR count). The van der Waals surface area contributed by atoms with Gasteiger partial charge in [-0.2, -0.15) is 0 Å². The summed E-state index contributed by atoms with van der Waals surface area (Å²) in [5, 5.41) is -2.14. The van der Waals surface area contributed by atoms with Gasteiger partial charge in [-0.1, -0.05) is 46.4 Å². The van der Waals surface area contributed by atoms with Crippen LogP contribution >= 0.6 is 114 Å². The molecule has 0 saturated heterocycles. The van der Waals surface area contributed by atoms with Crippen LogP contribution in [0, 0.1) is 11.4 Å². The molecule has 39 heteroatoms. The second-order valence-electron chi connectivity index (χ2n) is 16.1. The SMILES string of the molecule is C#S(OC(=O)c1cc2c(cc1Cl)Sc1nccn1S2(=O)=O)(OC(=O)c1cc2c(cc1Cl)Sc1nccn1S2(=O)=O)OS(#C)(OC(=O)c1cc2c(cc1Cl)Sc1nccn1S2(=O)=O)OC(=O)c1cc2c(cc1Cl)Sc1nccn1S2(=O)=O. The molecule has 8 heterocycles. The Labute approximate surface area is 494 Å². The molecule has 8 aromatic rings. The Balaban J connectivity index is 0.972. The van der Waals surface area contributed by atoms with Gasteiger partial charge in [0.25, 0.3) is 60.6 Å². The number of carbonyl (C=O) groups is 4. The van der Waals surface area contributed by atoms with E-state index in [2.05, 4.69) is 19.9 Å². The first-order valence-electron chi connectivity index (χ1n) is 21.2. The molecule has 0 amide bonds. The van der Waals surface area contributed by atoms with Gasteiger partial charge in [-0.25, -0.2) is 88.7 Å². The molecule has 4 aliphatic heterocycles. The molecular formula is C42H18Cl4N8O17S10. The van der Waals surface area contributed by atoms with E-state index < -0.39 is 146 Å². The highest BCUT2D eigenvalue weighted by atomic mass is 35.5. The van der Waals surface area contributed by atoms with Crippen molar-refractivity contribution in [1.29, 1.82) is 0 Å². The smallest absolute Gasteiger partial charge is 0.344 e. The molecule has 25 nitrogen and oxygen atoms in total. The maximum Gasteiger partial charge on any atom is 0.355 e.